The molecule has 0 unspecified atom stereocenters. The lowest BCUT2D eigenvalue weighted by Gasteiger charge is -2.12. The van der Waals surface area contributed by atoms with E-state index in [1.165, 1.54) is 18.4 Å². The van der Waals surface area contributed by atoms with Crippen LogP contribution in [-0.2, 0) is 0 Å². The summed E-state index contributed by atoms with van der Waals surface area (Å²) in [5, 5.41) is 0. The van der Waals surface area contributed by atoms with Crippen LogP contribution in [0.2, 0.25) is 0 Å². The van der Waals surface area contributed by atoms with Gasteiger partial charge in [-0.3, -0.25) is 0 Å². The molecule has 0 fully saturated rings. The second-order valence-electron chi connectivity index (χ2n) is 4.29. The maximum Gasteiger partial charge on any atom is 0.0109 e. The summed E-state index contributed by atoms with van der Waals surface area (Å²) in [6.45, 7) is 9.71. The van der Waals surface area contributed by atoms with E-state index in [1.807, 2.05) is 0 Å². The summed E-state index contributed by atoms with van der Waals surface area (Å²) in [5.74, 6) is 1.50. The fourth-order valence-corrected chi connectivity index (χ4v) is 1.47. The normalized spacial score (nSPS) is 10.9. The fraction of sp³-hybridized carbons (Fsp3) is 0.818. The van der Waals surface area contributed by atoms with Crippen LogP contribution in [-0.4, -0.2) is 6.54 Å². The molecule has 0 saturated carbocycles. The van der Waals surface area contributed by atoms with Crippen molar-refractivity contribution in [1.82, 2.24) is 0 Å². The van der Waals surface area contributed by atoms with Crippen molar-refractivity contribution in [2.45, 2.75) is 40.5 Å². The topological polar surface area (TPSA) is 26.0 Å². The largest absolute Gasteiger partial charge is 0.327 e. The van der Waals surface area contributed by atoms with Crippen LogP contribution in [0.3, 0.4) is 0 Å². The Morgan fingerprint density at radius 1 is 1.08 bits per heavy atom. The Hall–Kier alpha value is -0.300. The van der Waals surface area contributed by atoms with Gasteiger partial charge in [-0.25, -0.2) is 0 Å². The average molecular weight is 169 g/mol. The number of allylic oxidation sites excluding steroid dienone is 1. The van der Waals surface area contributed by atoms with Crippen molar-refractivity contribution in [2.75, 3.05) is 6.54 Å². The summed E-state index contributed by atoms with van der Waals surface area (Å²) in [7, 11) is 0. The van der Waals surface area contributed by atoms with Crippen LogP contribution in [0.25, 0.3) is 0 Å². The number of rotatable bonds is 5. The van der Waals surface area contributed by atoms with Crippen LogP contribution in [0, 0.1) is 11.8 Å². The van der Waals surface area contributed by atoms with Gasteiger partial charge in [-0.2, -0.15) is 0 Å². The van der Waals surface area contributed by atoms with Crippen LogP contribution < -0.4 is 5.73 Å². The summed E-state index contributed by atoms with van der Waals surface area (Å²) in [4.78, 5) is 0. The number of nitrogens with two attached hydrogens (primary N) is 1. The highest BCUT2D eigenvalue weighted by molar-refractivity contribution is 5.03. The third-order valence-electron chi connectivity index (χ3n) is 1.75. The maximum atomic E-state index is 5.50. The van der Waals surface area contributed by atoms with Gasteiger partial charge >= 0.3 is 0 Å². The van der Waals surface area contributed by atoms with Gasteiger partial charge in [0.1, 0.15) is 0 Å². The SMILES string of the molecule is CC(C)CC(=CCN)CC(C)C. The zero-order chi connectivity index (χ0) is 9.56. The van der Waals surface area contributed by atoms with Crippen LogP contribution in [0.4, 0.5) is 0 Å². The van der Waals surface area contributed by atoms with Crippen molar-refractivity contribution in [1.29, 1.82) is 0 Å². The van der Waals surface area contributed by atoms with Crippen molar-refractivity contribution in [2.24, 2.45) is 17.6 Å². The van der Waals surface area contributed by atoms with E-state index in [1.54, 1.807) is 0 Å². The average Bonchev–Trinajstić information content (AvgIpc) is 1.84. The van der Waals surface area contributed by atoms with E-state index in [9.17, 15) is 0 Å². The molecule has 0 rings (SSSR count). The zero-order valence-electron chi connectivity index (χ0n) is 8.93. The lowest BCUT2D eigenvalue weighted by Crippen LogP contribution is -2.01. The summed E-state index contributed by atoms with van der Waals surface area (Å²) in [6.07, 6.45) is 4.59. The molecule has 0 aliphatic heterocycles. The van der Waals surface area contributed by atoms with E-state index in [4.69, 9.17) is 5.73 Å². The highest BCUT2D eigenvalue weighted by Gasteiger charge is 2.03. The van der Waals surface area contributed by atoms with Gasteiger partial charge in [0.25, 0.3) is 0 Å². The quantitative estimate of drug-likeness (QED) is 0.629. The Balaban J connectivity index is 3.96. The molecule has 0 bridgehead atoms. The molecule has 0 heterocycles. The van der Waals surface area contributed by atoms with Gasteiger partial charge in [0.05, 0.1) is 0 Å². The summed E-state index contributed by atoms with van der Waals surface area (Å²) < 4.78 is 0. The third-order valence-corrected chi connectivity index (χ3v) is 1.75. The van der Waals surface area contributed by atoms with Crippen molar-refractivity contribution in [3.8, 4) is 0 Å². The minimum Gasteiger partial charge on any atom is -0.327 e. The molecule has 1 heteroatoms. The molecule has 0 aromatic carbocycles. The minimum absolute atomic E-state index is 0.689. The van der Waals surface area contributed by atoms with Gasteiger partial charge in [0.15, 0.2) is 0 Å². The smallest absolute Gasteiger partial charge is 0.0109 e. The van der Waals surface area contributed by atoms with E-state index in [0.717, 1.165) is 11.8 Å². The Bertz CT molecular complexity index is 122. The summed E-state index contributed by atoms with van der Waals surface area (Å²) >= 11 is 0. The van der Waals surface area contributed by atoms with Crippen molar-refractivity contribution in [3.63, 3.8) is 0 Å². The summed E-state index contributed by atoms with van der Waals surface area (Å²) in [5.41, 5.74) is 7.03. The van der Waals surface area contributed by atoms with E-state index in [0.29, 0.717) is 6.54 Å². The first kappa shape index (κ1) is 11.7. The predicted octanol–water partition coefficient (Wildman–Crippen LogP) is 2.96. The molecule has 1 nitrogen and oxygen atoms in total. The third kappa shape index (κ3) is 6.41. The highest BCUT2D eigenvalue weighted by atomic mass is 14.5. The first-order chi connectivity index (χ1) is 5.56. The molecule has 0 atom stereocenters. The van der Waals surface area contributed by atoms with E-state index >= 15 is 0 Å². The van der Waals surface area contributed by atoms with Gasteiger partial charge in [0.2, 0.25) is 0 Å². The maximum absolute atomic E-state index is 5.50. The molecule has 0 saturated heterocycles. The molecule has 0 radical (unpaired) electrons. The van der Waals surface area contributed by atoms with Crippen LogP contribution in [0.5, 0.6) is 0 Å². The number of hydrogen-bond donors (Lipinski definition) is 1. The molecule has 0 spiro atoms. The van der Waals surface area contributed by atoms with Crippen LogP contribution in [0.1, 0.15) is 40.5 Å². The fourth-order valence-electron chi connectivity index (χ4n) is 1.47. The van der Waals surface area contributed by atoms with Gasteiger partial charge in [-0.1, -0.05) is 39.3 Å². The first-order valence-electron chi connectivity index (χ1n) is 4.94. The standard InChI is InChI=1S/C11H23N/c1-9(2)7-11(5-6-12)8-10(3)4/h5,9-10H,6-8,12H2,1-4H3. The molecule has 72 valence electrons. The lowest BCUT2D eigenvalue weighted by molar-refractivity contribution is 0.569. The number of hydrogen-bond acceptors (Lipinski definition) is 1. The lowest BCUT2D eigenvalue weighted by atomic mass is 9.95. The van der Waals surface area contributed by atoms with Gasteiger partial charge in [-0.05, 0) is 24.7 Å². The van der Waals surface area contributed by atoms with Gasteiger partial charge in [0, 0.05) is 6.54 Å². The predicted molar refractivity (Wildman–Crippen MR) is 56.0 cm³/mol. The molecule has 0 aliphatic rings. The highest BCUT2D eigenvalue weighted by Crippen LogP contribution is 2.18. The monoisotopic (exact) mass is 169 g/mol. The molecular weight excluding hydrogens is 146 g/mol. The second-order valence-corrected chi connectivity index (χ2v) is 4.29. The van der Waals surface area contributed by atoms with Crippen LogP contribution in [0.15, 0.2) is 11.6 Å². The molecule has 0 aliphatic carbocycles. The Labute approximate surface area is 77.0 Å². The second kappa shape index (κ2) is 6.24. The van der Waals surface area contributed by atoms with Crippen molar-refractivity contribution < 1.29 is 0 Å². The molecule has 12 heavy (non-hydrogen) atoms. The Kier molecular flexibility index (Phi) is 6.09. The molecular formula is C11H23N. The van der Waals surface area contributed by atoms with Crippen molar-refractivity contribution in [3.05, 3.63) is 11.6 Å². The molecule has 0 amide bonds. The van der Waals surface area contributed by atoms with Crippen LogP contribution >= 0.6 is 0 Å². The van der Waals surface area contributed by atoms with E-state index in [2.05, 4.69) is 33.8 Å². The molecule has 2 N–H and O–H groups in total. The summed E-state index contributed by atoms with van der Waals surface area (Å²) in [6, 6.07) is 0. The van der Waals surface area contributed by atoms with Gasteiger partial charge in [-0.15, -0.1) is 0 Å². The van der Waals surface area contributed by atoms with Gasteiger partial charge < -0.3 is 5.73 Å². The molecule has 0 aromatic heterocycles. The minimum atomic E-state index is 0.689. The van der Waals surface area contributed by atoms with E-state index in [-0.39, 0.29) is 0 Å². The first-order valence-corrected chi connectivity index (χ1v) is 4.94. The molecule has 0 aromatic rings. The Morgan fingerprint density at radius 3 is 1.75 bits per heavy atom. The zero-order valence-corrected chi connectivity index (χ0v) is 8.93. The Morgan fingerprint density at radius 2 is 1.50 bits per heavy atom. The van der Waals surface area contributed by atoms with Crippen molar-refractivity contribution >= 4 is 0 Å². The van der Waals surface area contributed by atoms with E-state index < -0.39 is 0 Å².